The Morgan fingerprint density at radius 2 is 2.45 bits per heavy atom. The summed E-state index contributed by atoms with van der Waals surface area (Å²) in [4.78, 5) is 32.6. The van der Waals surface area contributed by atoms with E-state index in [-0.39, 0.29) is 11.6 Å². The normalized spacial score (nSPS) is 18.4. The zero-order chi connectivity index (χ0) is 15.5. The first-order valence-electron chi connectivity index (χ1n) is 7.29. The molecule has 0 bridgehead atoms. The third kappa shape index (κ3) is 2.87. The van der Waals surface area contributed by atoms with Crippen LogP contribution >= 0.6 is 0 Å². The van der Waals surface area contributed by atoms with Gasteiger partial charge in [-0.25, -0.2) is 4.79 Å². The maximum atomic E-state index is 12.0. The zero-order valence-corrected chi connectivity index (χ0v) is 12.3. The number of fused-ring (bicyclic) bond motifs is 1. The maximum absolute atomic E-state index is 12.0. The Morgan fingerprint density at radius 1 is 1.59 bits per heavy atom. The van der Waals surface area contributed by atoms with Gasteiger partial charge >= 0.3 is 6.09 Å². The number of hydrogen-bond donors (Lipinski definition) is 3. The van der Waals surface area contributed by atoms with Gasteiger partial charge in [0.25, 0.3) is 5.56 Å². The number of ether oxygens (including phenoxy) is 1. The summed E-state index contributed by atoms with van der Waals surface area (Å²) in [6.45, 7) is 3.44. The first kappa shape index (κ1) is 14.4. The van der Waals surface area contributed by atoms with E-state index in [1.54, 1.807) is 6.92 Å². The van der Waals surface area contributed by atoms with Crippen LogP contribution in [0.15, 0.2) is 11.0 Å². The predicted molar refractivity (Wildman–Crippen MR) is 79.9 cm³/mol. The summed E-state index contributed by atoms with van der Waals surface area (Å²) in [5.74, 6) is 0.483. The van der Waals surface area contributed by atoms with E-state index in [2.05, 4.69) is 25.5 Å². The van der Waals surface area contributed by atoms with E-state index in [9.17, 15) is 9.59 Å². The van der Waals surface area contributed by atoms with Crippen LogP contribution in [0.4, 0.5) is 10.7 Å². The molecule has 3 heterocycles. The molecule has 0 radical (unpaired) electrons. The van der Waals surface area contributed by atoms with E-state index < -0.39 is 6.09 Å². The number of hydrogen-bond acceptors (Lipinski definition) is 6. The lowest BCUT2D eigenvalue weighted by atomic mass is 10.1. The van der Waals surface area contributed by atoms with E-state index >= 15 is 0 Å². The Labute approximate surface area is 126 Å². The fourth-order valence-electron chi connectivity index (χ4n) is 2.61. The first-order valence-corrected chi connectivity index (χ1v) is 7.29. The van der Waals surface area contributed by atoms with Crippen molar-refractivity contribution in [3.63, 3.8) is 0 Å². The molecule has 2 aromatic heterocycles. The van der Waals surface area contributed by atoms with E-state index in [1.807, 2.05) is 4.90 Å². The van der Waals surface area contributed by atoms with Crippen molar-refractivity contribution < 1.29 is 9.53 Å². The number of H-pyrrole nitrogens is 2. The average Bonchev–Trinajstić information content (AvgIpc) is 2.97. The molecular weight excluding hydrogens is 288 g/mol. The van der Waals surface area contributed by atoms with E-state index in [0.717, 1.165) is 19.4 Å². The largest absolute Gasteiger partial charge is 0.450 e. The number of nitrogens with zero attached hydrogens (tertiary/aromatic N) is 3. The van der Waals surface area contributed by atoms with Gasteiger partial charge in [0, 0.05) is 19.1 Å². The smallest absolute Gasteiger partial charge is 0.407 e. The van der Waals surface area contributed by atoms with Crippen LogP contribution in [0.5, 0.6) is 0 Å². The predicted octanol–water partition coefficient (Wildman–Crippen LogP) is 0.361. The van der Waals surface area contributed by atoms with Gasteiger partial charge in [-0.1, -0.05) is 0 Å². The molecule has 1 atom stereocenters. The minimum absolute atomic E-state index is 0.0319. The van der Waals surface area contributed by atoms with E-state index in [1.165, 1.54) is 6.20 Å². The Hall–Kier alpha value is -2.58. The molecule has 1 aliphatic rings. The van der Waals surface area contributed by atoms with Gasteiger partial charge in [-0.2, -0.15) is 10.1 Å². The van der Waals surface area contributed by atoms with Crippen molar-refractivity contribution in [2.45, 2.75) is 25.8 Å². The highest BCUT2D eigenvalue weighted by Crippen LogP contribution is 2.16. The van der Waals surface area contributed by atoms with Gasteiger partial charge in [0.2, 0.25) is 5.95 Å². The molecule has 0 spiro atoms. The molecule has 0 aromatic carbocycles. The van der Waals surface area contributed by atoms with E-state index in [4.69, 9.17) is 4.74 Å². The summed E-state index contributed by atoms with van der Waals surface area (Å²) in [5.41, 5.74) is 0.230. The van der Waals surface area contributed by atoms with Crippen LogP contribution in [0, 0.1) is 0 Å². The van der Waals surface area contributed by atoms with Crippen molar-refractivity contribution in [3.8, 4) is 0 Å². The van der Waals surface area contributed by atoms with Crippen LogP contribution < -0.4 is 15.8 Å². The van der Waals surface area contributed by atoms with Crippen LogP contribution in [-0.2, 0) is 4.74 Å². The fraction of sp³-hybridized carbons (Fsp3) is 0.538. The summed E-state index contributed by atoms with van der Waals surface area (Å²) in [5, 5.41) is 9.78. The number of carbonyl (C=O) groups excluding carboxylic acids is 1. The summed E-state index contributed by atoms with van der Waals surface area (Å²) < 4.78 is 4.90. The Bertz CT molecular complexity index is 724. The van der Waals surface area contributed by atoms with Crippen LogP contribution in [-0.4, -0.2) is 52.0 Å². The quantitative estimate of drug-likeness (QED) is 0.754. The second-order valence-electron chi connectivity index (χ2n) is 5.17. The molecule has 1 fully saturated rings. The van der Waals surface area contributed by atoms with Crippen molar-refractivity contribution in [1.82, 2.24) is 25.5 Å². The van der Waals surface area contributed by atoms with Crippen molar-refractivity contribution in [1.29, 1.82) is 0 Å². The van der Waals surface area contributed by atoms with Gasteiger partial charge in [0.05, 0.1) is 12.8 Å². The molecule has 3 rings (SSSR count). The molecule has 1 amide bonds. The van der Waals surface area contributed by atoms with Gasteiger partial charge in [-0.15, -0.1) is 0 Å². The SMILES string of the molecule is CCOC(=O)NC1CCCN(c2nc3[nH]ncc3c(=O)[nH]2)C1. The number of anilines is 1. The van der Waals surface area contributed by atoms with Crippen LogP contribution in [0.2, 0.25) is 0 Å². The second kappa shape index (κ2) is 6.04. The van der Waals surface area contributed by atoms with Crippen LogP contribution in [0.25, 0.3) is 11.0 Å². The summed E-state index contributed by atoms with van der Waals surface area (Å²) in [7, 11) is 0. The number of rotatable bonds is 3. The van der Waals surface area contributed by atoms with E-state index in [0.29, 0.717) is 30.1 Å². The molecule has 9 nitrogen and oxygen atoms in total. The summed E-state index contributed by atoms with van der Waals surface area (Å²) in [6, 6.07) is -0.0319. The van der Waals surface area contributed by atoms with Crippen LogP contribution in [0.3, 0.4) is 0 Å². The van der Waals surface area contributed by atoms with Gasteiger partial charge in [-0.05, 0) is 19.8 Å². The number of aromatic nitrogens is 4. The Morgan fingerprint density at radius 3 is 3.27 bits per heavy atom. The van der Waals surface area contributed by atoms with Gasteiger partial charge < -0.3 is 15.0 Å². The first-order chi connectivity index (χ1) is 10.7. The number of carbonyl (C=O) groups is 1. The molecular formula is C13H18N6O3. The molecule has 118 valence electrons. The maximum Gasteiger partial charge on any atom is 0.407 e. The molecule has 1 unspecified atom stereocenters. The second-order valence-corrected chi connectivity index (χ2v) is 5.17. The molecule has 22 heavy (non-hydrogen) atoms. The van der Waals surface area contributed by atoms with Crippen molar-refractivity contribution in [3.05, 3.63) is 16.6 Å². The zero-order valence-electron chi connectivity index (χ0n) is 12.3. The fourth-order valence-corrected chi connectivity index (χ4v) is 2.61. The number of piperidine rings is 1. The molecule has 0 aliphatic carbocycles. The molecule has 1 aliphatic heterocycles. The highest BCUT2D eigenvalue weighted by Gasteiger charge is 2.23. The minimum Gasteiger partial charge on any atom is -0.450 e. The summed E-state index contributed by atoms with van der Waals surface area (Å²) in [6.07, 6.45) is 2.79. The number of amides is 1. The third-order valence-corrected chi connectivity index (χ3v) is 3.63. The highest BCUT2D eigenvalue weighted by molar-refractivity contribution is 5.73. The van der Waals surface area contributed by atoms with Gasteiger partial charge in [-0.3, -0.25) is 14.9 Å². The number of aromatic amines is 2. The van der Waals surface area contributed by atoms with Gasteiger partial charge in [0.1, 0.15) is 5.39 Å². The molecule has 0 saturated carbocycles. The van der Waals surface area contributed by atoms with Crippen molar-refractivity contribution in [2.75, 3.05) is 24.6 Å². The molecule has 3 N–H and O–H groups in total. The number of alkyl carbamates (subject to hydrolysis) is 1. The Kier molecular flexibility index (Phi) is 3.94. The van der Waals surface area contributed by atoms with Crippen LogP contribution in [0.1, 0.15) is 19.8 Å². The monoisotopic (exact) mass is 306 g/mol. The summed E-state index contributed by atoms with van der Waals surface area (Å²) >= 11 is 0. The average molecular weight is 306 g/mol. The molecule has 1 saturated heterocycles. The number of nitrogens with one attached hydrogen (secondary N) is 3. The lowest BCUT2D eigenvalue weighted by Crippen LogP contribution is -2.48. The molecule has 2 aromatic rings. The topological polar surface area (TPSA) is 116 Å². The van der Waals surface area contributed by atoms with Crippen molar-refractivity contribution in [2.24, 2.45) is 0 Å². The standard InChI is InChI=1S/C13H18N6O3/c1-2-22-13(21)15-8-4-3-5-19(7-8)12-16-10-9(6-14-18-10)11(20)17-12/h6,8H,2-5,7H2,1H3,(H,15,21)(H2,14,16,17,18,20). The lowest BCUT2D eigenvalue weighted by Gasteiger charge is -2.33. The Balaban J connectivity index is 1.75. The molecule has 9 heteroatoms. The highest BCUT2D eigenvalue weighted by atomic mass is 16.5. The lowest BCUT2D eigenvalue weighted by molar-refractivity contribution is 0.146. The third-order valence-electron chi connectivity index (χ3n) is 3.63. The van der Waals surface area contributed by atoms with Crippen molar-refractivity contribution >= 4 is 23.1 Å². The minimum atomic E-state index is -0.417. The van der Waals surface area contributed by atoms with Gasteiger partial charge in [0.15, 0.2) is 5.65 Å².